The minimum Gasteiger partial charge on any atom is -0.378 e. The summed E-state index contributed by atoms with van der Waals surface area (Å²) in [4.78, 5) is 7.02. The first-order valence-corrected chi connectivity index (χ1v) is 11.6. The van der Waals surface area contributed by atoms with Gasteiger partial charge >= 0.3 is 0 Å². The summed E-state index contributed by atoms with van der Waals surface area (Å²) in [5.41, 5.74) is 0.368. The lowest BCUT2D eigenvalue weighted by Crippen LogP contribution is -2.69. The molecule has 0 radical (unpaired) electrons. The van der Waals surface area contributed by atoms with Crippen molar-refractivity contribution in [2.75, 3.05) is 40.0 Å². The van der Waals surface area contributed by atoms with Crippen LogP contribution in [0.1, 0.15) is 64.7 Å². The molecule has 0 amide bonds. The third-order valence-corrected chi connectivity index (χ3v) is 7.49. The number of nitrogens with zero attached hydrogens (tertiary/aromatic N) is 2. The summed E-state index contributed by atoms with van der Waals surface area (Å²) in [5, 5.41) is 3.79. The average molecular weight is 521 g/mol. The number of nitrogens with one attached hydrogen (secondary N) is 1. The van der Waals surface area contributed by atoms with Crippen LogP contribution in [-0.4, -0.2) is 75.2 Å². The lowest BCUT2D eigenvalue weighted by molar-refractivity contribution is -0.169. The molecule has 1 spiro atoms. The molecule has 7 heteroatoms. The number of piperidine rings is 1. The van der Waals surface area contributed by atoms with Crippen LogP contribution in [-0.2, 0) is 14.2 Å². The average Bonchev–Trinajstić information content (AvgIpc) is 2.69. The molecule has 4 rings (SSSR count). The first-order chi connectivity index (χ1) is 13.7. The van der Waals surface area contributed by atoms with E-state index in [-0.39, 0.29) is 24.0 Å². The van der Waals surface area contributed by atoms with E-state index in [1.54, 1.807) is 0 Å². The molecule has 2 aliphatic carbocycles. The van der Waals surface area contributed by atoms with E-state index in [1.807, 2.05) is 7.05 Å². The molecule has 2 aliphatic heterocycles. The summed E-state index contributed by atoms with van der Waals surface area (Å²) in [5.74, 6) is 1.07. The maximum absolute atomic E-state index is 6.17. The summed E-state index contributed by atoms with van der Waals surface area (Å²) >= 11 is 0. The van der Waals surface area contributed by atoms with E-state index in [9.17, 15) is 0 Å². The van der Waals surface area contributed by atoms with Gasteiger partial charge in [0.25, 0.3) is 0 Å². The highest BCUT2D eigenvalue weighted by molar-refractivity contribution is 14.0. The summed E-state index contributed by atoms with van der Waals surface area (Å²) < 4.78 is 18.0. The van der Waals surface area contributed by atoms with Crippen LogP contribution < -0.4 is 5.32 Å². The topological polar surface area (TPSA) is 55.3 Å². The van der Waals surface area contributed by atoms with E-state index >= 15 is 0 Å². The third-order valence-electron chi connectivity index (χ3n) is 7.49. The van der Waals surface area contributed by atoms with E-state index in [0.29, 0.717) is 29.8 Å². The monoisotopic (exact) mass is 521 g/mol. The third kappa shape index (κ3) is 5.21. The summed E-state index contributed by atoms with van der Waals surface area (Å²) in [7, 11) is 1.91. The van der Waals surface area contributed by atoms with Crippen molar-refractivity contribution < 1.29 is 14.2 Å². The largest absolute Gasteiger partial charge is 0.378 e. The highest BCUT2D eigenvalue weighted by atomic mass is 127. The smallest absolute Gasteiger partial charge is 0.193 e. The van der Waals surface area contributed by atoms with Crippen LogP contribution >= 0.6 is 24.0 Å². The number of rotatable bonds is 6. The van der Waals surface area contributed by atoms with Crippen molar-refractivity contribution >= 4 is 29.9 Å². The number of halogens is 1. The van der Waals surface area contributed by atoms with Crippen molar-refractivity contribution in [2.24, 2.45) is 10.4 Å². The van der Waals surface area contributed by atoms with E-state index in [0.717, 1.165) is 64.6 Å². The minimum absolute atomic E-state index is 0. The summed E-state index contributed by atoms with van der Waals surface area (Å²) in [6, 6.07) is 0.522. The molecule has 2 heterocycles. The van der Waals surface area contributed by atoms with Gasteiger partial charge in [-0.05, 0) is 58.3 Å². The molecule has 2 saturated carbocycles. The number of hydrogen-bond donors (Lipinski definition) is 1. The molecule has 0 aromatic carbocycles. The zero-order valence-corrected chi connectivity index (χ0v) is 20.6. The number of guanidine groups is 1. The van der Waals surface area contributed by atoms with Crippen LogP contribution in [0.5, 0.6) is 0 Å². The molecule has 0 aromatic rings. The van der Waals surface area contributed by atoms with Gasteiger partial charge in [-0.25, -0.2) is 0 Å². The van der Waals surface area contributed by atoms with Gasteiger partial charge in [-0.3, -0.25) is 4.99 Å². The Morgan fingerprint density at radius 1 is 1.14 bits per heavy atom. The van der Waals surface area contributed by atoms with Gasteiger partial charge in [-0.2, -0.15) is 0 Å². The van der Waals surface area contributed by atoms with Crippen molar-refractivity contribution in [1.29, 1.82) is 0 Å². The molecule has 0 bridgehead atoms. The zero-order valence-electron chi connectivity index (χ0n) is 18.2. The van der Waals surface area contributed by atoms with Crippen molar-refractivity contribution in [1.82, 2.24) is 10.2 Å². The molecule has 0 aromatic heterocycles. The number of aliphatic imine (C=N–C) groups is 1. The van der Waals surface area contributed by atoms with Gasteiger partial charge in [0.05, 0.1) is 24.9 Å². The van der Waals surface area contributed by atoms with Crippen LogP contribution in [0, 0.1) is 5.41 Å². The normalized spacial score (nSPS) is 32.3. The SMILES string of the molecule is CCOC1CC(NC(=NC)N2CCC(OCC3CCCCO3)CC2)C12CCC2.I. The molecule has 29 heavy (non-hydrogen) atoms. The van der Waals surface area contributed by atoms with Crippen molar-refractivity contribution in [2.45, 2.75) is 89.1 Å². The molecule has 4 aliphatic rings. The first-order valence-electron chi connectivity index (χ1n) is 11.6. The Hall–Kier alpha value is -0.120. The lowest BCUT2D eigenvalue weighted by atomic mass is 9.51. The standard InChI is InChI=1S/C22H39N3O3.HI/c1-3-26-20-15-19(22(20)10-6-11-22)24-21(23-2)25-12-8-17(9-13-25)28-16-18-7-4-5-14-27-18;/h17-20H,3-16H2,1-2H3,(H,23,24);1H. The second-order valence-electron chi connectivity index (χ2n) is 9.02. The van der Waals surface area contributed by atoms with Crippen molar-refractivity contribution in [3.63, 3.8) is 0 Å². The van der Waals surface area contributed by atoms with E-state index in [2.05, 4.69) is 22.1 Å². The Bertz CT molecular complexity index is 529. The van der Waals surface area contributed by atoms with E-state index in [4.69, 9.17) is 14.2 Å². The van der Waals surface area contributed by atoms with Gasteiger partial charge in [0.1, 0.15) is 0 Å². The summed E-state index contributed by atoms with van der Waals surface area (Å²) in [6.07, 6.45) is 12.0. The maximum atomic E-state index is 6.17. The Morgan fingerprint density at radius 2 is 1.93 bits per heavy atom. The fourth-order valence-corrected chi connectivity index (χ4v) is 5.51. The first kappa shape index (κ1) is 23.5. The fourth-order valence-electron chi connectivity index (χ4n) is 5.51. The van der Waals surface area contributed by atoms with Crippen LogP contribution in [0.3, 0.4) is 0 Å². The maximum Gasteiger partial charge on any atom is 0.193 e. The van der Waals surface area contributed by atoms with Crippen molar-refractivity contribution in [3.8, 4) is 0 Å². The highest BCUT2D eigenvalue weighted by Gasteiger charge is 2.59. The molecule has 1 N–H and O–H groups in total. The predicted molar refractivity (Wildman–Crippen MR) is 126 cm³/mol. The lowest BCUT2D eigenvalue weighted by Gasteiger charge is -2.61. The van der Waals surface area contributed by atoms with E-state index < -0.39 is 0 Å². The van der Waals surface area contributed by atoms with Crippen LogP contribution in [0.25, 0.3) is 0 Å². The van der Waals surface area contributed by atoms with Crippen molar-refractivity contribution in [3.05, 3.63) is 0 Å². The molecule has 3 atom stereocenters. The second-order valence-corrected chi connectivity index (χ2v) is 9.02. The number of likely N-dealkylation sites (tertiary alicyclic amines) is 1. The Labute approximate surface area is 193 Å². The predicted octanol–water partition coefficient (Wildman–Crippen LogP) is 3.58. The molecular weight excluding hydrogens is 481 g/mol. The van der Waals surface area contributed by atoms with Gasteiger partial charge in [-0.15, -0.1) is 24.0 Å². The molecule has 3 unspecified atom stereocenters. The van der Waals surface area contributed by atoms with Crippen LogP contribution in [0.2, 0.25) is 0 Å². The molecule has 4 fully saturated rings. The highest BCUT2D eigenvalue weighted by Crippen LogP contribution is 2.57. The molecule has 168 valence electrons. The fraction of sp³-hybridized carbons (Fsp3) is 0.955. The quantitative estimate of drug-likeness (QED) is 0.329. The van der Waals surface area contributed by atoms with Gasteiger partial charge in [0.15, 0.2) is 5.96 Å². The number of hydrogen-bond acceptors (Lipinski definition) is 4. The van der Waals surface area contributed by atoms with E-state index in [1.165, 1.54) is 32.1 Å². The van der Waals surface area contributed by atoms with Crippen LogP contribution in [0.4, 0.5) is 0 Å². The van der Waals surface area contributed by atoms with Gasteiger partial charge < -0.3 is 24.4 Å². The Kier molecular flexibility index (Phi) is 8.89. The molecule has 2 saturated heterocycles. The molecule has 6 nitrogen and oxygen atoms in total. The van der Waals surface area contributed by atoms with Gasteiger partial charge in [0.2, 0.25) is 0 Å². The minimum atomic E-state index is 0. The second kappa shape index (κ2) is 11.0. The summed E-state index contributed by atoms with van der Waals surface area (Å²) in [6.45, 7) is 6.64. The van der Waals surface area contributed by atoms with Crippen LogP contribution in [0.15, 0.2) is 4.99 Å². The van der Waals surface area contributed by atoms with Gasteiger partial charge in [0, 0.05) is 44.8 Å². The number of ether oxygens (including phenoxy) is 3. The zero-order chi connectivity index (χ0) is 19.4. The Morgan fingerprint density at radius 3 is 2.52 bits per heavy atom. The van der Waals surface area contributed by atoms with Gasteiger partial charge in [-0.1, -0.05) is 6.42 Å². The Balaban J connectivity index is 0.00000240. The molecular formula is C22H40IN3O3.